The van der Waals surface area contributed by atoms with Crippen LogP contribution in [-0.4, -0.2) is 18.4 Å². The van der Waals surface area contributed by atoms with Crippen LogP contribution in [0.4, 0.5) is 0 Å². The quantitative estimate of drug-likeness (QED) is 0.347. The van der Waals surface area contributed by atoms with Crippen LogP contribution in [0.3, 0.4) is 0 Å². The summed E-state index contributed by atoms with van der Waals surface area (Å²) in [4.78, 5) is 21.7. The molecule has 0 radical (unpaired) electrons. The first-order valence-electron chi connectivity index (χ1n) is 4.09. The third-order valence-corrected chi connectivity index (χ3v) is 2.56. The predicted octanol–water partition coefficient (Wildman–Crippen LogP) is 0.837. The highest BCUT2D eigenvalue weighted by Crippen LogP contribution is 2.42. The zero-order chi connectivity index (χ0) is 8.60. The van der Waals surface area contributed by atoms with E-state index in [-0.39, 0.29) is 18.5 Å². The van der Waals surface area contributed by atoms with Crippen LogP contribution in [0.1, 0.15) is 19.3 Å². The summed E-state index contributed by atoms with van der Waals surface area (Å²) in [5.41, 5.74) is -0.606. The van der Waals surface area contributed by atoms with Gasteiger partial charge in [-0.3, -0.25) is 4.79 Å². The lowest BCUT2D eigenvalue weighted by Crippen LogP contribution is -2.25. The summed E-state index contributed by atoms with van der Waals surface area (Å²) in [6, 6.07) is 0. The van der Waals surface area contributed by atoms with Gasteiger partial charge in [0.05, 0.1) is 5.41 Å². The van der Waals surface area contributed by atoms with E-state index in [2.05, 4.69) is 0 Å². The Kier molecular flexibility index (Phi) is 1.53. The number of carbonyl (C=O) groups excluding carboxylic acids is 2. The molecule has 12 heavy (non-hydrogen) atoms. The standard InChI is InChI=1S/C9H10O3/c10-5-4-9-3-1-2-7(6-9)12-8(9)11/h1,3,5,7H,2,4,6H2. The Morgan fingerprint density at radius 3 is 3.33 bits per heavy atom. The fourth-order valence-corrected chi connectivity index (χ4v) is 1.90. The molecular weight excluding hydrogens is 156 g/mol. The Bertz CT molecular complexity index is 256. The van der Waals surface area contributed by atoms with Crippen molar-refractivity contribution in [2.45, 2.75) is 25.4 Å². The predicted molar refractivity (Wildman–Crippen MR) is 41.4 cm³/mol. The molecule has 2 atom stereocenters. The molecule has 1 aliphatic carbocycles. The number of hydrogen-bond acceptors (Lipinski definition) is 3. The molecule has 0 saturated carbocycles. The van der Waals surface area contributed by atoms with Crippen molar-refractivity contribution in [3.63, 3.8) is 0 Å². The number of carbonyl (C=O) groups is 2. The number of esters is 1. The zero-order valence-corrected chi connectivity index (χ0v) is 6.66. The van der Waals surface area contributed by atoms with Gasteiger partial charge in [-0.05, 0) is 0 Å². The van der Waals surface area contributed by atoms with Gasteiger partial charge in [-0.1, -0.05) is 12.2 Å². The van der Waals surface area contributed by atoms with Crippen molar-refractivity contribution >= 4 is 12.3 Å². The zero-order valence-electron chi connectivity index (χ0n) is 6.66. The number of ether oxygens (including phenoxy) is 1. The summed E-state index contributed by atoms with van der Waals surface area (Å²) < 4.78 is 5.08. The molecule has 2 unspecified atom stereocenters. The maximum absolute atomic E-state index is 11.3. The van der Waals surface area contributed by atoms with Crippen LogP contribution >= 0.6 is 0 Å². The van der Waals surface area contributed by atoms with Crippen LogP contribution in [-0.2, 0) is 14.3 Å². The molecule has 1 heterocycles. The number of aldehydes is 1. The van der Waals surface area contributed by atoms with E-state index in [1.807, 2.05) is 12.2 Å². The fourth-order valence-electron chi connectivity index (χ4n) is 1.90. The van der Waals surface area contributed by atoms with Crippen molar-refractivity contribution in [1.82, 2.24) is 0 Å². The van der Waals surface area contributed by atoms with Crippen LogP contribution in [0.2, 0.25) is 0 Å². The van der Waals surface area contributed by atoms with Crippen molar-refractivity contribution < 1.29 is 14.3 Å². The first kappa shape index (κ1) is 7.53. The average Bonchev–Trinajstić information content (AvgIpc) is 2.24. The molecule has 1 fully saturated rings. The lowest BCUT2D eigenvalue weighted by Gasteiger charge is -2.19. The van der Waals surface area contributed by atoms with E-state index in [9.17, 15) is 9.59 Å². The Labute approximate surface area is 70.4 Å². The first-order chi connectivity index (χ1) is 5.77. The summed E-state index contributed by atoms with van der Waals surface area (Å²) in [7, 11) is 0. The third kappa shape index (κ3) is 0.891. The van der Waals surface area contributed by atoms with Crippen molar-refractivity contribution in [2.24, 2.45) is 5.41 Å². The number of rotatable bonds is 2. The minimum absolute atomic E-state index is 0.0162. The normalized spacial score (nSPS) is 38.0. The second-order valence-corrected chi connectivity index (χ2v) is 3.40. The molecule has 0 aromatic heterocycles. The van der Waals surface area contributed by atoms with E-state index in [4.69, 9.17) is 4.74 Å². The smallest absolute Gasteiger partial charge is 0.316 e. The van der Waals surface area contributed by atoms with E-state index >= 15 is 0 Å². The lowest BCUT2D eigenvalue weighted by molar-refractivity contribution is -0.147. The van der Waals surface area contributed by atoms with Crippen molar-refractivity contribution in [2.75, 3.05) is 0 Å². The molecule has 0 aromatic rings. The summed E-state index contributed by atoms with van der Waals surface area (Å²) in [6.45, 7) is 0. The van der Waals surface area contributed by atoms with Crippen molar-refractivity contribution in [3.8, 4) is 0 Å². The summed E-state index contributed by atoms with van der Waals surface area (Å²) >= 11 is 0. The van der Waals surface area contributed by atoms with Crippen molar-refractivity contribution in [1.29, 1.82) is 0 Å². The summed E-state index contributed by atoms with van der Waals surface area (Å²) in [5, 5.41) is 0. The largest absolute Gasteiger partial charge is 0.461 e. The molecule has 3 heteroatoms. The molecule has 1 saturated heterocycles. The number of hydrogen-bond donors (Lipinski definition) is 0. The average molecular weight is 166 g/mol. The van der Waals surface area contributed by atoms with E-state index in [1.165, 1.54) is 0 Å². The van der Waals surface area contributed by atoms with Gasteiger partial charge >= 0.3 is 5.97 Å². The molecule has 0 aromatic carbocycles. The van der Waals surface area contributed by atoms with Gasteiger partial charge in [0.1, 0.15) is 12.4 Å². The maximum Gasteiger partial charge on any atom is 0.316 e. The lowest BCUT2D eigenvalue weighted by atomic mass is 9.78. The first-order valence-corrected chi connectivity index (χ1v) is 4.09. The molecular formula is C9H10O3. The molecule has 1 aliphatic heterocycles. The monoisotopic (exact) mass is 166 g/mol. The van der Waals surface area contributed by atoms with E-state index in [1.54, 1.807) is 0 Å². The number of fused-ring (bicyclic) bond motifs is 2. The molecule has 2 rings (SSSR count). The fraction of sp³-hybridized carbons (Fsp3) is 0.556. The second-order valence-electron chi connectivity index (χ2n) is 3.40. The van der Waals surface area contributed by atoms with Gasteiger partial charge < -0.3 is 9.53 Å². The molecule has 2 aliphatic rings. The molecule has 0 spiro atoms. The minimum atomic E-state index is -0.606. The highest BCUT2D eigenvalue weighted by atomic mass is 16.6. The van der Waals surface area contributed by atoms with E-state index in [0.717, 1.165) is 12.7 Å². The second kappa shape index (κ2) is 2.44. The van der Waals surface area contributed by atoms with E-state index in [0.29, 0.717) is 6.42 Å². The molecule has 64 valence electrons. The Hall–Kier alpha value is -1.12. The maximum atomic E-state index is 11.3. The molecule has 0 amide bonds. The highest BCUT2D eigenvalue weighted by molar-refractivity contribution is 5.84. The van der Waals surface area contributed by atoms with Gasteiger partial charge in [-0.2, -0.15) is 0 Å². The minimum Gasteiger partial charge on any atom is -0.461 e. The van der Waals surface area contributed by atoms with Gasteiger partial charge in [0.2, 0.25) is 0 Å². The Balaban J connectivity index is 2.31. The molecule has 3 nitrogen and oxygen atoms in total. The van der Waals surface area contributed by atoms with Crippen LogP contribution < -0.4 is 0 Å². The van der Waals surface area contributed by atoms with E-state index < -0.39 is 5.41 Å². The highest BCUT2D eigenvalue weighted by Gasteiger charge is 2.48. The van der Waals surface area contributed by atoms with Gasteiger partial charge in [-0.25, -0.2) is 0 Å². The van der Waals surface area contributed by atoms with Gasteiger partial charge in [0, 0.05) is 19.3 Å². The topological polar surface area (TPSA) is 43.4 Å². The third-order valence-electron chi connectivity index (χ3n) is 2.56. The van der Waals surface area contributed by atoms with Crippen LogP contribution in [0.25, 0.3) is 0 Å². The SMILES string of the molecule is O=CCC12C=CCC(C1)OC2=O. The van der Waals surface area contributed by atoms with Crippen LogP contribution in [0.5, 0.6) is 0 Å². The Morgan fingerprint density at radius 1 is 1.75 bits per heavy atom. The molecule has 0 N–H and O–H groups in total. The summed E-state index contributed by atoms with van der Waals surface area (Å²) in [6.07, 6.45) is 6.31. The van der Waals surface area contributed by atoms with Gasteiger partial charge in [0.25, 0.3) is 0 Å². The van der Waals surface area contributed by atoms with Gasteiger partial charge in [0.15, 0.2) is 0 Å². The van der Waals surface area contributed by atoms with Crippen molar-refractivity contribution in [3.05, 3.63) is 12.2 Å². The molecule has 2 bridgehead atoms. The summed E-state index contributed by atoms with van der Waals surface area (Å²) in [5.74, 6) is -0.228. The van der Waals surface area contributed by atoms with Crippen LogP contribution in [0, 0.1) is 5.41 Å². The van der Waals surface area contributed by atoms with Crippen LogP contribution in [0.15, 0.2) is 12.2 Å². The van der Waals surface area contributed by atoms with Gasteiger partial charge in [-0.15, -0.1) is 0 Å². The Morgan fingerprint density at radius 2 is 2.58 bits per heavy atom.